The van der Waals surface area contributed by atoms with Crippen LogP contribution in [0.2, 0.25) is 5.02 Å². The monoisotopic (exact) mass is 425 g/mol. The molecule has 156 valence electrons. The molecule has 0 radical (unpaired) electrons. The summed E-state index contributed by atoms with van der Waals surface area (Å²) in [6.07, 6.45) is 3.77. The summed E-state index contributed by atoms with van der Waals surface area (Å²) in [6.45, 7) is 2.36. The van der Waals surface area contributed by atoms with E-state index in [-0.39, 0.29) is 17.4 Å². The van der Waals surface area contributed by atoms with Gasteiger partial charge in [-0.15, -0.1) is 0 Å². The summed E-state index contributed by atoms with van der Waals surface area (Å²) in [5.74, 6) is -0.796. The molecule has 0 spiro atoms. The molecule has 0 bridgehead atoms. The van der Waals surface area contributed by atoms with Gasteiger partial charge >= 0.3 is 0 Å². The molecule has 1 atom stereocenters. The fourth-order valence-electron chi connectivity index (χ4n) is 4.44. The van der Waals surface area contributed by atoms with Crippen molar-refractivity contribution >= 4 is 29.1 Å². The van der Waals surface area contributed by atoms with Crippen molar-refractivity contribution in [1.82, 2.24) is 4.90 Å². The van der Waals surface area contributed by atoms with Crippen LogP contribution in [0.4, 0.5) is 0 Å². The number of benzene rings is 2. The predicted octanol–water partition coefficient (Wildman–Crippen LogP) is 5.10. The van der Waals surface area contributed by atoms with Crippen LogP contribution < -0.4 is 4.74 Å². The fourth-order valence-corrected chi connectivity index (χ4v) is 4.56. The second kappa shape index (κ2) is 8.52. The first-order valence-electron chi connectivity index (χ1n) is 10.3. The van der Waals surface area contributed by atoms with Crippen LogP contribution in [-0.2, 0) is 9.59 Å². The van der Waals surface area contributed by atoms with Gasteiger partial charge in [0.25, 0.3) is 11.7 Å². The number of aliphatic hydroxyl groups is 1. The van der Waals surface area contributed by atoms with E-state index >= 15 is 0 Å². The van der Waals surface area contributed by atoms with Crippen LogP contribution in [0.3, 0.4) is 0 Å². The third kappa shape index (κ3) is 3.70. The molecular formula is C24H24ClNO4. The van der Waals surface area contributed by atoms with E-state index in [9.17, 15) is 14.7 Å². The molecular weight excluding hydrogens is 402 g/mol. The summed E-state index contributed by atoms with van der Waals surface area (Å²) in [7, 11) is 0. The number of rotatable bonds is 5. The number of ketones is 1. The van der Waals surface area contributed by atoms with E-state index in [1.54, 1.807) is 41.3 Å². The summed E-state index contributed by atoms with van der Waals surface area (Å²) in [4.78, 5) is 27.8. The molecule has 2 aromatic rings. The van der Waals surface area contributed by atoms with Crippen molar-refractivity contribution in [3.63, 3.8) is 0 Å². The van der Waals surface area contributed by atoms with E-state index < -0.39 is 17.7 Å². The van der Waals surface area contributed by atoms with Gasteiger partial charge in [-0.1, -0.05) is 48.7 Å². The number of ether oxygens (including phenoxy) is 1. The molecule has 6 heteroatoms. The Balaban J connectivity index is 1.85. The van der Waals surface area contributed by atoms with Gasteiger partial charge < -0.3 is 14.7 Å². The zero-order valence-electron chi connectivity index (χ0n) is 16.8. The highest BCUT2D eigenvalue weighted by Gasteiger charge is 2.49. The van der Waals surface area contributed by atoms with Gasteiger partial charge in [0.15, 0.2) is 0 Å². The molecule has 1 amide bonds. The summed E-state index contributed by atoms with van der Waals surface area (Å²) in [5.41, 5.74) is 1.32. The smallest absolute Gasteiger partial charge is 0.295 e. The van der Waals surface area contributed by atoms with E-state index in [1.807, 2.05) is 19.1 Å². The number of hydrogen-bond donors (Lipinski definition) is 1. The average molecular weight is 426 g/mol. The van der Waals surface area contributed by atoms with Crippen LogP contribution in [0.1, 0.15) is 49.8 Å². The number of carbonyl (C=O) groups excluding carboxylic acids is 2. The quantitative estimate of drug-likeness (QED) is 0.411. The Morgan fingerprint density at radius 2 is 1.83 bits per heavy atom. The van der Waals surface area contributed by atoms with Gasteiger partial charge in [-0.05, 0) is 49.6 Å². The highest BCUT2D eigenvalue weighted by molar-refractivity contribution is 6.46. The lowest BCUT2D eigenvalue weighted by Gasteiger charge is -2.30. The fraction of sp³-hybridized carbons (Fsp3) is 0.333. The summed E-state index contributed by atoms with van der Waals surface area (Å²) in [5, 5.41) is 11.7. The van der Waals surface area contributed by atoms with Crippen molar-refractivity contribution in [2.45, 2.75) is 44.7 Å². The van der Waals surface area contributed by atoms with Gasteiger partial charge in [0.05, 0.1) is 18.2 Å². The van der Waals surface area contributed by atoms with Gasteiger partial charge in [-0.3, -0.25) is 9.59 Å². The maximum Gasteiger partial charge on any atom is 0.295 e. The first kappa shape index (κ1) is 20.5. The van der Waals surface area contributed by atoms with E-state index in [0.717, 1.165) is 31.2 Å². The molecule has 2 aromatic carbocycles. The van der Waals surface area contributed by atoms with Crippen molar-refractivity contribution in [2.75, 3.05) is 6.61 Å². The third-order valence-corrected chi connectivity index (χ3v) is 6.05. The normalized spacial score (nSPS) is 21.4. The van der Waals surface area contributed by atoms with Crippen molar-refractivity contribution in [3.8, 4) is 5.75 Å². The van der Waals surface area contributed by atoms with Gasteiger partial charge in [-0.25, -0.2) is 0 Å². The lowest BCUT2D eigenvalue weighted by molar-refractivity contribution is -0.141. The number of likely N-dealkylation sites (tertiary alicyclic amines) is 1. The number of amides is 1. The van der Waals surface area contributed by atoms with Crippen LogP contribution in [0, 0.1) is 0 Å². The Labute approximate surface area is 180 Å². The van der Waals surface area contributed by atoms with Crippen LogP contribution in [0.25, 0.3) is 5.76 Å². The standard InChI is InChI=1S/C24H24ClNO4/c1-2-30-19-9-5-6-16(14-19)22(27)20-21(15-10-12-17(25)13-11-15)26(24(29)23(20)28)18-7-3-4-8-18/h5-6,9-14,18,21,27H,2-4,7-8H2,1H3/b22-20-. The first-order valence-corrected chi connectivity index (χ1v) is 10.7. The highest BCUT2D eigenvalue weighted by Crippen LogP contribution is 2.43. The van der Waals surface area contributed by atoms with Crippen LogP contribution in [0.5, 0.6) is 5.75 Å². The molecule has 1 heterocycles. The molecule has 0 aromatic heterocycles. The zero-order chi connectivity index (χ0) is 21.3. The largest absolute Gasteiger partial charge is 0.507 e. The molecule has 1 unspecified atom stereocenters. The van der Waals surface area contributed by atoms with Gasteiger partial charge in [0.2, 0.25) is 0 Å². The minimum absolute atomic E-state index is 0.0119. The molecule has 2 fully saturated rings. The van der Waals surface area contributed by atoms with Crippen molar-refractivity contribution < 1.29 is 19.4 Å². The molecule has 4 rings (SSSR count). The second-order valence-corrected chi connectivity index (χ2v) is 8.09. The van der Waals surface area contributed by atoms with Crippen LogP contribution >= 0.6 is 11.6 Å². The average Bonchev–Trinajstić information content (AvgIpc) is 3.36. The molecule has 1 N–H and O–H groups in total. The van der Waals surface area contributed by atoms with Crippen LogP contribution in [0.15, 0.2) is 54.1 Å². The molecule has 1 saturated carbocycles. The number of aliphatic hydroxyl groups excluding tert-OH is 1. The van der Waals surface area contributed by atoms with Gasteiger partial charge in [0.1, 0.15) is 11.5 Å². The number of hydrogen-bond acceptors (Lipinski definition) is 4. The zero-order valence-corrected chi connectivity index (χ0v) is 17.6. The Morgan fingerprint density at radius 3 is 2.50 bits per heavy atom. The van der Waals surface area contributed by atoms with E-state index in [0.29, 0.717) is 22.9 Å². The lowest BCUT2D eigenvalue weighted by Crippen LogP contribution is -2.37. The maximum atomic E-state index is 13.1. The number of halogens is 1. The first-order chi connectivity index (χ1) is 14.5. The Hall–Kier alpha value is -2.79. The van der Waals surface area contributed by atoms with Gasteiger partial charge in [-0.2, -0.15) is 0 Å². The van der Waals surface area contributed by atoms with Crippen molar-refractivity contribution in [2.24, 2.45) is 0 Å². The van der Waals surface area contributed by atoms with Crippen molar-refractivity contribution in [3.05, 3.63) is 70.3 Å². The lowest BCUT2D eigenvalue weighted by atomic mass is 9.94. The highest BCUT2D eigenvalue weighted by atomic mass is 35.5. The molecule has 1 aliphatic heterocycles. The second-order valence-electron chi connectivity index (χ2n) is 7.66. The number of nitrogens with zero attached hydrogens (tertiary/aromatic N) is 1. The minimum atomic E-state index is -0.652. The van der Waals surface area contributed by atoms with Gasteiger partial charge in [0, 0.05) is 16.6 Å². The van der Waals surface area contributed by atoms with E-state index in [1.165, 1.54) is 0 Å². The topological polar surface area (TPSA) is 66.8 Å². The summed E-state index contributed by atoms with van der Waals surface area (Å²) >= 11 is 6.06. The Bertz CT molecular complexity index is 993. The molecule has 1 saturated heterocycles. The number of carbonyl (C=O) groups is 2. The van der Waals surface area contributed by atoms with Crippen LogP contribution in [-0.4, -0.2) is 34.3 Å². The summed E-state index contributed by atoms with van der Waals surface area (Å²) < 4.78 is 5.52. The molecule has 2 aliphatic rings. The predicted molar refractivity (Wildman–Crippen MR) is 115 cm³/mol. The number of Topliss-reactive ketones (excluding diaryl/α,β-unsaturated/α-hetero) is 1. The minimum Gasteiger partial charge on any atom is -0.507 e. The van der Waals surface area contributed by atoms with E-state index in [2.05, 4.69) is 0 Å². The Morgan fingerprint density at radius 1 is 1.13 bits per heavy atom. The van der Waals surface area contributed by atoms with Crippen molar-refractivity contribution in [1.29, 1.82) is 0 Å². The SMILES string of the molecule is CCOc1cccc(/C(O)=C2/C(=O)C(=O)N(C3CCCC3)C2c2ccc(Cl)cc2)c1. The Kier molecular flexibility index (Phi) is 5.82. The maximum absolute atomic E-state index is 13.1. The molecule has 30 heavy (non-hydrogen) atoms. The molecule has 1 aliphatic carbocycles. The molecule has 5 nitrogen and oxygen atoms in total. The summed E-state index contributed by atoms with van der Waals surface area (Å²) in [6, 6.07) is 13.4. The van der Waals surface area contributed by atoms with E-state index in [4.69, 9.17) is 16.3 Å². The third-order valence-electron chi connectivity index (χ3n) is 5.80.